The molecule has 0 atom stereocenters. The summed E-state index contributed by atoms with van der Waals surface area (Å²) in [6.45, 7) is 8.64. The number of methoxy groups -OCH3 is 1. The number of hydrogen-bond donors (Lipinski definition) is 1. The van der Waals surface area contributed by atoms with Crippen LogP contribution in [0.1, 0.15) is 58.9 Å². The summed E-state index contributed by atoms with van der Waals surface area (Å²) < 4.78 is 17.7. The van der Waals surface area contributed by atoms with Crippen molar-refractivity contribution in [1.82, 2.24) is 9.78 Å². The highest BCUT2D eigenvalue weighted by Gasteiger charge is 2.17. The minimum Gasteiger partial charge on any atom is -0.493 e. The quantitative estimate of drug-likeness (QED) is 0.344. The second kappa shape index (κ2) is 12.5. The number of halogens is 1. The van der Waals surface area contributed by atoms with E-state index in [9.17, 15) is 9.59 Å². The molecule has 0 spiro atoms. The number of benzene rings is 1. The van der Waals surface area contributed by atoms with Crippen LogP contribution in [0, 0.1) is 0 Å². The van der Waals surface area contributed by atoms with Crippen LogP contribution in [-0.2, 0) is 22.6 Å². The maximum absolute atomic E-state index is 12.5. The number of carbonyl (C=O) groups excluding carboxylic acids is 1. The molecule has 8 nitrogen and oxygen atoms in total. The first-order valence-electron chi connectivity index (χ1n) is 11.2. The summed E-state index contributed by atoms with van der Waals surface area (Å²) in [4.78, 5) is 24.4. The minimum absolute atomic E-state index is 0.0127. The second-order valence-electron chi connectivity index (χ2n) is 8.63. The topological polar surface area (TPSA) is 91.7 Å². The number of unbranched alkanes of at least 4 members (excludes halogenated alkanes) is 2. The van der Waals surface area contributed by atoms with Crippen molar-refractivity contribution in [3.8, 4) is 11.5 Å². The summed E-state index contributed by atoms with van der Waals surface area (Å²) in [6, 6.07) is 5.66. The monoisotopic (exact) mass is 479 g/mol. The van der Waals surface area contributed by atoms with Crippen LogP contribution in [0.4, 0.5) is 5.69 Å². The van der Waals surface area contributed by atoms with Gasteiger partial charge in [-0.2, -0.15) is 5.10 Å². The van der Waals surface area contributed by atoms with Gasteiger partial charge in [-0.1, -0.05) is 37.4 Å². The molecule has 0 aliphatic rings. The first-order valence-corrected chi connectivity index (χ1v) is 11.5. The van der Waals surface area contributed by atoms with Gasteiger partial charge in [-0.25, -0.2) is 4.68 Å². The number of anilines is 1. The highest BCUT2D eigenvalue weighted by molar-refractivity contribution is 6.32. The molecular weight excluding hydrogens is 446 g/mol. The lowest BCUT2D eigenvalue weighted by Gasteiger charge is -2.19. The van der Waals surface area contributed by atoms with E-state index in [1.54, 1.807) is 27.9 Å². The third kappa shape index (κ3) is 8.61. The zero-order chi connectivity index (χ0) is 24.4. The molecule has 33 heavy (non-hydrogen) atoms. The SMILES string of the molecule is CCCCCOc1cc(CNc2cnn(CCC(=O)OC(C)(C)C)c(=O)c2Cl)ccc1OC. The molecule has 1 N–H and O–H groups in total. The van der Waals surface area contributed by atoms with Crippen molar-refractivity contribution in [1.29, 1.82) is 0 Å². The number of aryl methyl sites for hydroxylation is 1. The summed E-state index contributed by atoms with van der Waals surface area (Å²) >= 11 is 6.27. The standard InChI is InChI=1S/C24H34ClN3O5/c1-6-7-8-13-32-20-14-17(9-10-19(20)31-5)15-26-18-16-27-28(23(30)22(18)25)12-11-21(29)33-24(2,3)4/h9-10,14,16,26H,6-8,11-13,15H2,1-5H3. The molecule has 1 aromatic carbocycles. The van der Waals surface area contributed by atoms with E-state index < -0.39 is 17.1 Å². The number of esters is 1. The number of ether oxygens (including phenoxy) is 3. The molecule has 0 fully saturated rings. The Hall–Kier alpha value is -2.74. The van der Waals surface area contributed by atoms with E-state index in [0.29, 0.717) is 30.3 Å². The summed E-state index contributed by atoms with van der Waals surface area (Å²) in [7, 11) is 1.61. The van der Waals surface area contributed by atoms with E-state index in [1.165, 1.54) is 6.20 Å². The van der Waals surface area contributed by atoms with Crippen molar-refractivity contribution in [3.63, 3.8) is 0 Å². The van der Waals surface area contributed by atoms with Crippen LogP contribution >= 0.6 is 11.6 Å². The molecule has 0 aliphatic heterocycles. The molecule has 0 aliphatic carbocycles. The summed E-state index contributed by atoms with van der Waals surface area (Å²) in [5.41, 5.74) is 0.297. The molecule has 1 aromatic heterocycles. The van der Waals surface area contributed by atoms with E-state index in [4.69, 9.17) is 25.8 Å². The van der Waals surface area contributed by atoms with Crippen LogP contribution in [0.2, 0.25) is 5.02 Å². The van der Waals surface area contributed by atoms with Gasteiger partial charge < -0.3 is 19.5 Å². The molecule has 0 bridgehead atoms. The maximum atomic E-state index is 12.5. The van der Waals surface area contributed by atoms with Crippen LogP contribution in [-0.4, -0.2) is 35.1 Å². The molecule has 2 rings (SSSR count). The Balaban J connectivity index is 2.01. The van der Waals surface area contributed by atoms with Gasteiger partial charge >= 0.3 is 5.97 Å². The highest BCUT2D eigenvalue weighted by atomic mass is 35.5. The lowest BCUT2D eigenvalue weighted by molar-refractivity contribution is -0.155. The van der Waals surface area contributed by atoms with Crippen molar-refractivity contribution < 1.29 is 19.0 Å². The van der Waals surface area contributed by atoms with E-state index in [-0.39, 0.29) is 18.0 Å². The van der Waals surface area contributed by atoms with Crippen LogP contribution in [0.25, 0.3) is 0 Å². The van der Waals surface area contributed by atoms with Crippen molar-refractivity contribution in [2.24, 2.45) is 0 Å². The van der Waals surface area contributed by atoms with Crippen molar-refractivity contribution in [2.75, 3.05) is 19.0 Å². The van der Waals surface area contributed by atoms with Crippen molar-refractivity contribution in [3.05, 3.63) is 45.3 Å². The van der Waals surface area contributed by atoms with Crippen LogP contribution in [0.15, 0.2) is 29.2 Å². The van der Waals surface area contributed by atoms with Gasteiger partial charge in [0.25, 0.3) is 5.56 Å². The number of nitrogens with one attached hydrogen (secondary N) is 1. The number of rotatable bonds is 12. The molecule has 0 amide bonds. The van der Waals surface area contributed by atoms with Gasteiger partial charge in [-0.15, -0.1) is 0 Å². The van der Waals surface area contributed by atoms with Crippen LogP contribution in [0.5, 0.6) is 11.5 Å². The minimum atomic E-state index is -0.581. The first kappa shape index (κ1) is 26.5. The van der Waals surface area contributed by atoms with Crippen molar-refractivity contribution >= 4 is 23.3 Å². The average molecular weight is 480 g/mol. The maximum Gasteiger partial charge on any atom is 0.308 e. The molecular formula is C24H34ClN3O5. The molecule has 2 aromatic rings. The Morgan fingerprint density at radius 3 is 2.64 bits per heavy atom. The Morgan fingerprint density at radius 2 is 1.97 bits per heavy atom. The van der Waals surface area contributed by atoms with Gasteiger partial charge in [0.1, 0.15) is 10.6 Å². The lowest BCUT2D eigenvalue weighted by Crippen LogP contribution is -2.28. The van der Waals surface area contributed by atoms with Gasteiger partial charge in [0.15, 0.2) is 11.5 Å². The number of aromatic nitrogens is 2. The highest BCUT2D eigenvalue weighted by Crippen LogP contribution is 2.29. The predicted octanol–water partition coefficient (Wildman–Crippen LogP) is 4.82. The summed E-state index contributed by atoms with van der Waals surface area (Å²) in [5.74, 6) is 0.943. The fourth-order valence-corrected chi connectivity index (χ4v) is 3.23. The summed E-state index contributed by atoms with van der Waals surface area (Å²) in [5, 5.41) is 7.28. The van der Waals surface area contributed by atoms with Gasteiger partial charge in [-0.3, -0.25) is 9.59 Å². The van der Waals surface area contributed by atoms with Gasteiger partial charge in [0, 0.05) is 6.54 Å². The smallest absolute Gasteiger partial charge is 0.308 e. The zero-order valence-corrected chi connectivity index (χ0v) is 20.8. The fourth-order valence-electron chi connectivity index (χ4n) is 3.01. The Bertz CT molecular complexity index is 985. The number of hydrogen-bond acceptors (Lipinski definition) is 7. The number of carbonyl (C=O) groups is 1. The molecule has 0 saturated carbocycles. The Kier molecular flexibility index (Phi) is 10.0. The fraction of sp³-hybridized carbons (Fsp3) is 0.542. The second-order valence-corrected chi connectivity index (χ2v) is 9.01. The Morgan fingerprint density at radius 1 is 1.21 bits per heavy atom. The molecule has 0 radical (unpaired) electrons. The third-order valence-electron chi connectivity index (χ3n) is 4.65. The van der Waals surface area contributed by atoms with E-state index in [2.05, 4.69) is 17.3 Å². The molecule has 9 heteroatoms. The lowest BCUT2D eigenvalue weighted by atomic mass is 10.2. The van der Waals surface area contributed by atoms with Crippen molar-refractivity contribution in [2.45, 2.75) is 72.1 Å². The van der Waals surface area contributed by atoms with Crippen LogP contribution < -0.4 is 20.3 Å². The van der Waals surface area contributed by atoms with E-state index in [0.717, 1.165) is 29.5 Å². The summed E-state index contributed by atoms with van der Waals surface area (Å²) in [6.07, 6.45) is 4.72. The normalized spacial score (nSPS) is 11.2. The van der Waals surface area contributed by atoms with E-state index >= 15 is 0 Å². The third-order valence-corrected chi connectivity index (χ3v) is 5.01. The van der Waals surface area contributed by atoms with Gasteiger partial charge in [-0.05, 0) is 44.9 Å². The predicted molar refractivity (Wildman–Crippen MR) is 129 cm³/mol. The average Bonchev–Trinajstić information content (AvgIpc) is 2.76. The zero-order valence-electron chi connectivity index (χ0n) is 20.1. The van der Waals surface area contributed by atoms with Gasteiger partial charge in [0.05, 0.1) is 38.6 Å². The molecule has 1 heterocycles. The van der Waals surface area contributed by atoms with Crippen LogP contribution in [0.3, 0.4) is 0 Å². The molecule has 182 valence electrons. The molecule has 0 saturated heterocycles. The van der Waals surface area contributed by atoms with Gasteiger partial charge in [0.2, 0.25) is 0 Å². The number of nitrogens with zero attached hydrogens (tertiary/aromatic N) is 2. The molecule has 0 unspecified atom stereocenters. The Labute approximate surface area is 200 Å². The van der Waals surface area contributed by atoms with E-state index in [1.807, 2.05) is 18.2 Å². The first-order chi connectivity index (χ1) is 15.6. The largest absolute Gasteiger partial charge is 0.493 e.